The number of benzene rings is 2. The van der Waals surface area contributed by atoms with Gasteiger partial charge < -0.3 is 15.5 Å². The first-order valence-corrected chi connectivity index (χ1v) is 13.2. The summed E-state index contributed by atoms with van der Waals surface area (Å²) in [5.41, 5.74) is 2.58. The number of carbonyl (C=O) groups excluding carboxylic acids is 2. The molecule has 0 radical (unpaired) electrons. The Bertz CT molecular complexity index is 1520. The van der Waals surface area contributed by atoms with Crippen LogP contribution >= 0.6 is 0 Å². The number of alkyl halides is 3. The topological polar surface area (TPSA) is 77.6 Å². The van der Waals surface area contributed by atoms with Gasteiger partial charge >= 0.3 is 6.18 Å². The van der Waals surface area contributed by atoms with Gasteiger partial charge in [-0.05, 0) is 67.9 Å². The molecule has 0 bridgehead atoms. The van der Waals surface area contributed by atoms with Crippen LogP contribution in [0.3, 0.4) is 0 Å². The molecule has 3 aromatic rings. The number of amides is 2. The molecule has 7 nitrogen and oxygen atoms in total. The molecule has 2 amide bonds. The molecule has 0 saturated carbocycles. The fourth-order valence-corrected chi connectivity index (χ4v) is 4.48. The number of piperazine rings is 1. The Kier molecular flexibility index (Phi) is 9.11. The van der Waals surface area contributed by atoms with Crippen LogP contribution in [-0.4, -0.2) is 59.8 Å². The Morgan fingerprint density at radius 3 is 2.34 bits per heavy atom. The molecule has 1 aromatic heterocycles. The van der Waals surface area contributed by atoms with Crippen molar-refractivity contribution in [2.24, 2.45) is 0 Å². The van der Waals surface area contributed by atoms with E-state index in [2.05, 4.69) is 32.4 Å². The van der Waals surface area contributed by atoms with Crippen molar-refractivity contribution in [1.29, 1.82) is 0 Å². The first-order chi connectivity index (χ1) is 19.4. The lowest BCUT2D eigenvalue weighted by Crippen LogP contribution is -2.44. The third-order valence-electron chi connectivity index (χ3n) is 6.88. The highest BCUT2D eigenvalue weighted by Crippen LogP contribution is 2.34. The van der Waals surface area contributed by atoms with E-state index in [1.165, 1.54) is 19.1 Å². The van der Waals surface area contributed by atoms with Crippen molar-refractivity contribution in [1.82, 2.24) is 14.8 Å². The zero-order valence-electron chi connectivity index (χ0n) is 23.4. The average molecular weight is 564 g/mol. The van der Waals surface area contributed by atoms with Crippen LogP contribution in [0.4, 0.5) is 24.7 Å². The van der Waals surface area contributed by atoms with E-state index in [4.69, 9.17) is 0 Å². The fraction of sp³-hybridized carbons (Fsp3) is 0.323. The minimum atomic E-state index is -4.55. The first kappa shape index (κ1) is 29.8. The second kappa shape index (κ2) is 12.5. The van der Waals surface area contributed by atoms with E-state index < -0.39 is 17.6 Å². The van der Waals surface area contributed by atoms with Crippen molar-refractivity contribution in [3.8, 4) is 11.8 Å². The third-order valence-corrected chi connectivity index (χ3v) is 6.88. The van der Waals surface area contributed by atoms with Gasteiger partial charge in [0, 0.05) is 68.2 Å². The predicted octanol–water partition coefficient (Wildman–Crippen LogP) is 5.08. The second-order valence-corrected chi connectivity index (χ2v) is 10.3. The van der Waals surface area contributed by atoms with E-state index in [1.54, 1.807) is 30.5 Å². The number of carbonyl (C=O) groups is 2. The lowest BCUT2D eigenvalue weighted by molar-refractivity contribution is -0.138. The van der Waals surface area contributed by atoms with Crippen molar-refractivity contribution < 1.29 is 22.8 Å². The van der Waals surface area contributed by atoms with Crippen LogP contribution in [0.5, 0.6) is 0 Å². The largest absolute Gasteiger partial charge is 0.416 e. The Hall–Kier alpha value is -4.20. The molecule has 0 atom stereocenters. The molecule has 2 N–H and O–H groups in total. The van der Waals surface area contributed by atoms with Gasteiger partial charge in [0.1, 0.15) is 5.82 Å². The summed E-state index contributed by atoms with van der Waals surface area (Å²) in [7, 11) is 1.99. The van der Waals surface area contributed by atoms with Gasteiger partial charge in [0.25, 0.3) is 5.91 Å². The van der Waals surface area contributed by atoms with E-state index >= 15 is 0 Å². The summed E-state index contributed by atoms with van der Waals surface area (Å²) in [6.07, 6.45) is -3.01. The maximum Gasteiger partial charge on any atom is 0.416 e. The van der Waals surface area contributed by atoms with Gasteiger partial charge in [0.05, 0.1) is 5.56 Å². The number of halogens is 3. The average Bonchev–Trinajstić information content (AvgIpc) is 2.91. The maximum atomic E-state index is 14.0. The lowest BCUT2D eigenvalue weighted by Gasteiger charge is -2.33. The number of likely N-dealkylation sites (N-methyl/N-ethyl adjacent to an activating group) is 1. The van der Waals surface area contributed by atoms with E-state index in [-0.39, 0.29) is 29.3 Å². The zero-order chi connectivity index (χ0) is 29.7. The molecule has 1 aliphatic heterocycles. The minimum Gasteiger partial charge on any atom is -0.322 e. The third kappa shape index (κ3) is 7.93. The summed E-state index contributed by atoms with van der Waals surface area (Å²) in [4.78, 5) is 32.7. The number of aromatic nitrogens is 1. The van der Waals surface area contributed by atoms with Crippen molar-refractivity contribution in [2.75, 3.05) is 43.9 Å². The van der Waals surface area contributed by atoms with Crippen LogP contribution in [0.25, 0.3) is 0 Å². The highest BCUT2D eigenvalue weighted by molar-refractivity contribution is 6.04. The minimum absolute atomic E-state index is 0.0680. The van der Waals surface area contributed by atoms with Gasteiger partial charge in [-0.1, -0.05) is 24.0 Å². The van der Waals surface area contributed by atoms with E-state index in [0.717, 1.165) is 30.3 Å². The van der Waals surface area contributed by atoms with Crippen LogP contribution in [0.2, 0.25) is 0 Å². The molecular formula is C31H32F3N5O2. The molecule has 0 unspecified atom stereocenters. The number of hydrogen-bond donors (Lipinski definition) is 2. The normalized spacial score (nSPS) is 14.2. The SMILES string of the molecule is CC(=O)Nc1ncc(C#Cc2cc(C(=O)Nc3ccc(CN4CCN(C)CC4)c(C(F)(F)F)c3)ccc2C)cc1C. The summed E-state index contributed by atoms with van der Waals surface area (Å²) in [6.45, 7) is 8.27. The molecule has 4 rings (SSSR count). The van der Waals surface area contributed by atoms with Crippen LogP contribution in [0.1, 0.15) is 50.7 Å². The van der Waals surface area contributed by atoms with Crippen molar-refractivity contribution in [3.05, 3.63) is 87.6 Å². The molecule has 1 saturated heterocycles. The molecule has 10 heteroatoms. The Balaban J connectivity index is 1.51. The number of nitrogens with one attached hydrogen (secondary N) is 2. The van der Waals surface area contributed by atoms with Crippen molar-refractivity contribution in [3.63, 3.8) is 0 Å². The fourth-order valence-electron chi connectivity index (χ4n) is 4.48. The molecular weight excluding hydrogens is 531 g/mol. The Labute approximate surface area is 237 Å². The zero-order valence-corrected chi connectivity index (χ0v) is 23.4. The number of aryl methyl sites for hydroxylation is 2. The Morgan fingerprint density at radius 1 is 0.951 bits per heavy atom. The summed E-state index contributed by atoms with van der Waals surface area (Å²) < 4.78 is 41.9. The number of hydrogen-bond acceptors (Lipinski definition) is 5. The predicted molar refractivity (Wildman–Crippen MR) is 153 cm³/mol. The monoisotopic (exact) mass is 563 g/mol. The highest BCUT2D eigenvalue weighted by Gasteiger charge is 2.34. The van der Waals surface area contributed by atoms with Crippen LogP contribution < -0.4 is 10.6 Å². The smallest absolute Gasteiger partial charge is 0.322 e. The Morgan fingerprint density at radius 2 is 1.68 bits per heavy atom. The van der Waals surface area contributed by atoms with E-state index in [1.807, 2.05) is 25.8 Å². The number of nitrogens with zero attached hydrogens (tertiary/aromatic N) is 3. The summed E-state index contributed by atoms with van der Waals surface area (Å²) in [6, 6.07) is 10.7. The second-order valence-electron chi connectivity index (χ2n) is 10.3. The number of pyridine rings is 1. The van der Waals surface area contributed by atoms with Gasteiger partial charge in [-0.25, -0.2) is 4.98 Å². The molecule has 1 fully saturated rings. The standard InChI is InChI=1S/C31H32F3N5O2/c1-20-5-7-25(16-24(20)8-6-23-15-21(2)29(35-18-23)36-22(3)40)30(41)37-27-10-9-26(28(17-27)31(32,33)34)19-39-13-11-38(4)12-14-39/h5,7,9-10,15-18H,11-14,19H2,1-4H3,(H,37,41)(H,35,36,40). The first-order valence-electron chi connectivity index (χ1n) is 13.2. The van der Waals surface area contributed by atoms with Crippen LogP contribution in [0.15, 0.2) is 48.7 Å². The molecule has 0 spiro atoms. The van der Waals surface area contributed by atoms with Gasteiger partial charge in [0.15, 0.2) is 0 Å². The van der Waals surface area contributed by atoms with Gasteiger partial charge in [-0.3, -0.25) is 14.5 Å². The van der Waals surface area contributed by atoms with E-state index in [0.29, 0.717) is 30.0 Å². The lowest BCUT2D eigenvalue weighted by atomic mass is 10.0. The van der Waals surface area contributed by atoms with Crippen LogP contribution in [0, 0.1) is 25.7 Å². The number of anilines is 2. The maximum absolute atomic E-state index is 14.0. The summed E-state index contributed by atoms with van der Waals surface area (Å²) in [5.74, 6) is 5.76. The summed E-state index contributed by atoms with van der Waals surface area (Å²) >= 11 is 0. The van der Waals surface area contributed by atoms with Crippen molar-refractivity contribution >= 4 is 23.3 Å². The molecule has 1 aliphatic rings. The summed E-state index contributed by atoms with van der Waals surface area (Å²) in [5, 5.41) is 5.25. The van der Waals surface area contributed by atoms with Gasteiger partial charge in [-0.2, -0.15) is 13.2 Å². The van der Waals surface area contributed by atoms with Crippen LogP contribution in [-0.2, 0) is 17.5 Å². The molecule has 0 aliphatic carbocycles. The van der Waals surface area contributed by atoms with Crippen molar-refractivity contribution in [2.45, 2.75) is 33.5 Å². The molecule has 2 aromatic carbocycles. The quantitative estimate of drug-likeness (QED) is 0.424. The molecule has 2 heterocycles. The van der Waals surface area contributed by atoms with Gasteiger partial charge in [0.2, 0.25) is 5.91 Å². The number of rotatable bonds is 5. The highest BCUT2D eigenvalue weighted by atomic mass is 19.4. The van der Waals surface area contributed by atoms with E-state index in [9.17, 15) is 22.8 Å². The van der Waals surface area contributed by atoms with Gasteiger partial charge in [-0.15, -0.1) is 0 Å². The molecule has 214 valence electrons. The molecule has 41 heavy (non-hydrogen) atoms.